The summed E-state index contributed by atoms with van der Waals surface area (Å²) in [6, 6.07) is 0. The number of hydrogen-bond acceptors (Lipinski definition) is 5. The molecule has 0 aromatic rings. The summed E-state index contributed by atoms with van der Waals surface area (Å²) in [7, 11) is 0. The lowest BCUT2D eigenvalue weighted by Gasteiger charge is -2.27. The van der Waals surface area contributed by atoms with Gasteiger partial charge in [-0.1, -0.05) is 18.7 Å². The van der Waals surface area contributed by atoms with Gasteiger partial charge in [0.25, 0.3) is 0 Å². The van der Waals surface area contributed by atoms with Gasteiger partial charge in [0.15, 0.2) is 0 Å². The van der Waals surface area contributed by atoms with Crippen molar-refractivity contribution in [1.82, 2.24) is 0 Å². The molecule has 0 fully saturated rings. The first-order chi connectivity index (χ1) is 10.1. The molecule has 1 rings (SSSR count). The third-order valence-corrected chi connectivity index (χ3v) is 3.04. The molecule has 0 aliphatic heterocycles. The number of ether oxygens (including phenoxy) is 1. The van der Waals surface area contributed by atoms with Crippen LogP contribution >= 0.6 is 0 Å². The lowest BCUT2D eigenvalue weighted by molar-refractivity contribution is -0.151. The van der Waals surface area contributed by atoms with Gasteiger partial charge < -0.3 is 20.1 Å². The van der Waals surface area contributed by atoms with Crippen molar-refractivity contribution in [2.45, 2.75) is 6.92 Å². The standard InChI is InChI=1S/C14H14O8/c1-7(2)12(19)22-6-14(13(20)21)4-3-8(10(15)16)9(5-14)11(17)18/h3-5,8H,1,6H2,2H3,(H,15,16)(H,17,18)(H,20,21). The molecule has 22 heavy (non-hydrogen) atoms. The van der Waals surface area contributed by atoms with E-state index in [0.717, 1.165) is 18.2 Å². The SMILES string of the molecule is C=C(C)C(=O)OCC1(C(=O)O)C=CC(C(=O)O)C(C(=O)O)=C1. The van der Waals surface area contributed by atoms with Crippen LogP contribution in [-0.4, -0.2) is 45.8 Å². The minimum Gasteiger partial charge on any atom is -0.481 e. The Morgan fingerprint density at radius 2 is 1.86 bits per heavy atom. The van der Waals surface area contributed by atoms with Crippen molar-refractivity contribution in [2.24, 2.45) is 11.3 Å². The summed E-state index contributed by atoms with van der Waals surface area (Å²) >= 11 is 0. The number of carbonyl (C=O) groups excluding carboxylic acids is 1. The average Bonchev–Trinajstić information content (AvgIpc) is 2.43. The summed E-state index contributed by atoms with van der Waals surface area (Å²) in [5.41, 5.74) is -2.50. The van der Waals surface area contributed by atoms with Crippen LogP contribution in [0.4, 0.5) is 0 Å². The van der Waals surface area contributed by atoms with Crippen LogP contribution < -0.4 is 0 Å². The second-order valence-corrected chi connectivity index (χ2v) is 4.78. The number of hydrogen-bond donors (Lipinski definition) is 3. The average molecular weight is 310 g/mol. The zero-order valence-corrected chi connectivity index (χ0v) is 11.6. The van der Waals surface area contributed by atoms with Crippen LogP contribution in [0.2, 0.25) is 0 Å². The van der Waals surface area contributed by atoms with Gasteiger partial charge in [-0.05, 0) is 13.0 Å². The second kappa shape index (κ2) is 6.25. The molecule has 1 aliphatic carbocycles. The van der Waals surface area contributed by atoms with E-state index in [1.807, 2.05) is 0 Å². The molecule has 8 heteroatoms. The first kappa shape index (κ1) is 17.2. The molecule has 0 saturated carbocycles. The van der Waals surface area contributed by atoms with Gasteiger partial charge >= 0.3 is 23.9 Å². The molecular formula is C14H14O8. The van der Waals surface area contributed by atoms with Crippen molar-refractivity contribution in [3.63, 3.8) is 0 Å². The lowest BCUT2D eigenvalue weighted by atomic mass is 9.78. The smallest absolute Gasteiger partial charge is 0.333 e. The van der Waals surface area contributed by atoms with Crippen molar-refractivity contribution in [2.75, 3.05) is 6.61 Å². The van der Waals surface area contributed by atoms with E-state index in [1.54, 1.807) is 0 Å². The van der Waals surface area contributed by atoms with Gasteiger partial charge in [-0.15, -0.1) is 0 Å². The molecule has 118 valence electrons. The molecule has 0 aromatic carbocycles. The van der Waals surface area contributed by atoms with Crippen molar-refractivity contribution < 1.29 is 39.2 Å². The fraction of sp³-hybridized carbons (Fsp3) is 0.286. The predicted octanol–water partition coefficient (Wildman–Crippen LogP) is 0.458. The second-order valence-electron chi connectivity index (χ2n) is 4.78. The summed E-state index contributed by atoms with van der Waals surface area (Å²) in [5, 5.41) is 27.3. The number of carboxylic acids is 3. The van der Waals surface area contributed by atoms with E-state index in [4.69, 9.17) is 14.9 Å². The predicted molar refractivity (Wildman–Crippen MR) is 71.8 cm³/mol. The summed E-state index contributed by atoms with van der Waals surface area (Å²) in [5.74, 6) is -6.77. The largest absolute Gasteiger partial charge is 0.481 e. The highest BCUT2D eigenvalue weighted by Crippen LogP contribution is 2.33. The Balaban J connectivity index is 3.20. The number of esters is 1. The third kappa shape index (κ3) is 3.40. The van der Waals surface area contributed by atoms with E-state index in [2.05, 4.69) is 6.58 Å². The van der Waals surface area contributed by atoms with Crippen molar-refractivity contribution >= 4 is 23.9 Å². The van der Waals surface area contributed by atoms with E-state index in [9.17, 15) is 24.3 Å². The third-order valence-electron chi connectivity index (χ3n) is 3.04. The van der Waals surface area contributed by atoms with Crippen LogP contribution in [0.15, 0.2) is 36.0 Å². The van der Waals surface area contributed by atoms with E-state index < -0.39 is 47.4 Å². The fourth-order valence-electron chi connectivity index (χ4n) is 1.79. The van der Waals surface area contributed by atoms with E-state index in [-0.39, 0.29) is 5.57 Å². The Kier molecular flexibility index (Phi) is 4.87. The monoisotopic (exact) mass is 310 g/mol. The Hall–Kier alpha value is -2.90. The van der Waals surface area contributed by atoms with Crippen molar-refractivity contribution in [3.8, 4) is 0 Å². The highest BCUT2D eigenvalue weighted by molar-refractivity contribution is 5.97. The molecule has 8 nitrogen and oxygen atoms in total. The number of carboxylic acid groups (broad SMARTS) is 3. The van der Waals surface area contributed by atoms with Gasteiger partial charge in [-0.25, -0.2) is 9.59 Å². The number of rotatable bonds is 6. The highest BCUT2D eigenvalue weighted by atomic mass is 16.5. The molecule has 0 amide bonds. The van der Waals surface area contributed by atoms with E-state index >= 15 is 0 Å². The Morgan fingerprint density at radius 1 is 1.27 bits per heavy atom. The quantitative estimate of drug-likeness (QED) is 0.365. The first-order valence-corrected chi connectivity index (χ1v) is 6.05. The molecule has 1 aliphatic rings. The normalized spacial score (nSPS) is 23.3. The Labute approximate surface area is 125 Å². The van der Waals surface area contributed by atoms with Crippen LogP contribution in [0, 0.1) is 11.3 Å². The van der Waals surface area contributed by atoms with Gasteiger partial charge in [0, 0.05) is 5.57 Å². The molecule has 0 radical (unpaired) electrons. The first-order valence-electron chi connectivity index (χ1n) is 6.05. The van der Waals surface area contributed by atoms with E-state index in [0.29, 0.717) is 0 Å². The lowest BCUT2D eigenvalue weighted by Crippen LogP contribution is -2.38. The van der Waals surface area contributed by atoms with Gasteiger partial charge in [-0.2, -0.15) is 0 Å². The summed E-state index contributed by atoms with van der Waals surface area (Å²) < 4.78 is 4.78. The van der Waals surface area contributed by atoms with Crippen LogP contribution in [0.25, 0.3) is 0 Å². The van der Waals surface area contributed by atoms with E-state index in [1.165, 1.54) is 6.92 Å². The van der Waals surface area contributed by atoms with Crippen molar-refractivity contribution in [3.05, 3.63) is 36.0 Å². The summed E-state index contributed by atoms with van der Waals surface area (Å²) in [4.78, 5) is 45.0. The van der Waals surface area contributed by atoms with Gasteiger partial charge in [0.2, 0.25) is 0 Å². The molecule has 3 N–H and O–H groups in total. The molecule has 0 heterocycles. The molecule has 2 unspecified atom stereocenters. The van der Waals surface area contributed by atoms with Crippen LogP contribution in [-0.2, 0) is 23.9 Å². The van der Waals surface area contributed by atoms with Gasteiger partial charge in [0.05, 0.1) is 5.57 Å². The maximum absolute atomic E-state index is 11.5. The van der Waals surface area contributed by atoms with Crippen LogP contribution in [0.3, 0.4) is 0 Å². The molecule has 0 aromatic heterocycles. The van der Waals surface area contributed by atoms with Crippen LogP contribution in [0.1, 0.15) is 6.92 Å². The summed E-state index contributed by atoms with van der Waals surface area (Å²) in [6.07, 6.45) is 2.74. The Bertz CT molecular complexity index is 612. The zero-order chi connectivity index (χ0) is 17.1. The molecule has 0 saturated heterocycles. The van der Waals surface area contributed by atoms with Crippen molar-refractivity contribution in [1.29, 1.82) is 0 Å². The van der Waals surface area contributed by atoms with Gasteiger partial charge in [-0.3, -0.25) is 9.59 Å². The number of aliphatic carboxylic acids is 3. The fourth-order valence-corrected chi connectivity index (χ4v) is 1.79. The minimum absolute atomic E-state index is 0.0474. The van der Waals surface area contributed by atoms with Gasteiger partial charge in [0.1, 0.15) is 17.9 Å². The molecule has 0 spiro atoms. The zero-order valence-electron chi connectivity index (χ0n) is 11.6. The maximum atomic E-state index is 11.5. The Morgan fingerprint density at radius 3 is 2.27 bits per heavy atom. The van der Waals surface area contributed by atoms with Crippen LogP contribution in [0.5, 0.6) is 0 Å². The summed E-state index contributed by atoms with van der Waals surface area (Å²) in [6.45, 7) is 4.03. The number of carbonyl (C=O) groups is 4. The molecule has 2 atom stereocenters. The topological polar surface area (TPSA) is 138 Å². The maximum Gasteiger partial charge on any atom is 0.333 e. The minimum atomic E-state index is -1.94. The molecule has 0 bridgehead atoms. The highest BCUT2D eigenvalue weighted by Gasteiger charge is 2.42. The molecular weight excluding hydrogens is 296 g/mol.